The number of alkyl halides is 3. The minimum Gasteiger partial charge on any atom is -0.444 e. The highest BCUT2D eigenvalue weighted by Gasteiger charge is 2.40. The standard InChI is InChI=1S/C25H34F3N5O3/c1-24(2,3)36-23(34)32-14-21(33-13-20(29-30-33)18-9-11-31(4)12-10-18)22(15-32)35-16-17-5-7-19(8-6-17)25(26,27)28/h5-8,13,18,21-22H,9-12,14-16H2,1-4H3/t21-,22-/m1/s1. The minimum atomic E-state index is -4.39. The van der Waals surface area contributed by atoms with E-state index < -0.39 is 29.5 Å². The SMILES string of the molecule is CN1CCC(c2cn([C@@H]3CN(C(=O)OC(C)(C)C)C[C@H]3OCc3ccc(C(F)(F)F)cc3)nn2)CC1. The highest BCUT2D eigenvalue weighted by molar-refractivity contribution is 5.68. The summed E-state index contributed by atoms with van der Waals surface area (Å²) in [6.07, 6.45) is -1.29. The van der Waals surface area contributed by atoms with Crippen molar-refractivity contribution in [2.75, 3.05) is 33.2 Å². The highest BCUT2D eigenvalue weighted by atomic mass is 19.4. The molecule has 2 atom stereocenters. The van der Waals surface area contributed by atoms with Gasteiger partial charge in [-0.1, -0.05) is 17.3 Å². The van der Waals surface area contributed by atoms with Crippen LogP contribution in [0.2, 0.25) is 0 Å². The maximum absolute atomic E-state index is 12.9. The number of rotatable bonds is 5. The molecule has 2 saturated heterocycles. The first-order chi connectivity index (χ1) is 16.9. The summed E-state index contributed by atoms with van der Waals surface area (Å²) in [5, 5.41) is 8.80. The second-order valence-corrected chi connectivity index (χ2v) is 10.7. The molecule has 36 heavy (non-hydrogen) atoms. The van der Waals surface area contributed by atoms with Crippen LogP contribution in [0.5, 0.6) is 0 Å². The van der Waals surface area contributed by atoms with E-state index in [0.717, 1.165) is 43.8 Å². The van der Waals surface area contributed by atoms with Gasteiger partial charge in [-0.15, -0.1) is 5.10 Å². The van der Waals surface area contributed by atoms with Crippen LogP contribution in [0.15, 0.2) is 30.5 Å². The third-order valence-electron chi connectivity index (χ3n) is 6.64. The van der Waals surface area contributed by atoms with E-state index in [9.17, 15) is 18.0 Å². The van der Waals surface area contributed by atoms with E-state index in [1.807, 2.05) is 27.0 Å². The number of halogens is 3. The molecule has 2 aromatic rings. The van der Waals surface area contributed by atoms with Gasteiger partial charge in [-0.3, -0.25) is 0 Å². The summed E-state index contributed by atoms with van der Waals surface area (Å²) in [4.78, 5) is 16.6. The molecule has 2 fully saturated rings. The Labute approximate surface area is 209 Å². The molecule has 2 aliphatic rings. The van der Waals surface area contributed by atoms with Crippen LogP contribution in [0.4, 0.5) is 18.0 Å². The molecular formula is C25H34F3N5O3. The number of carbonyl (C=O) groups is 1. The third kappa shape index (κ3) is 6.56. The largest absolute Gasteiger partial charge is 0.444 e. The van der Waals surface area contributed by atoms with Gasteiger partial charge in [0.2, 0.25) is 0 Å². The summed E-state index contributed by atoms with van der Waals surface area (Å²) < 4.78 is 52.1. The number of hydrogen-bond donors (Lipinski definition) is 0. The zero-order chi connectivity index (χ0) is 26.1. The van der Waals surface area contributed by atoms with Crippen LogP contribution in [0.25, 0.3) is 0 Å². The van der Waals surface area contributed by atoms with Gasteiger partial charge in [0.1, 0.15) is 5.60 Å². The zero-order valence-electron chi connectivity index (χ0n) is 21.2. The van der Waals surface area contributed by atoms with E-state index in [2.05, 4.69) is 22.3 Å². The number of ether oxygens (including phenoxy) is 2. The first-order valence-electron chi connectivity index (χ1n) is 12.2. The topological polar surface area (TPSA) is 72.7 Å². The van der Waals surface area contributed by atoms with Crippen LogP contribution in [-0.2, 0) is 22.3 Å². The Bertz CT molecular complexity index is 1030. The summed E-state index contributed by atoms with van der Waals surface area (Å²) in [5.74, 6) is 0.338. The molecule has 0 saturated carbocycles. The number of aromatic nitrogens is 3. The van der Waals surface area contributed by atoms with Crippen LogP contribution in [0, 0.1) is 0 Å². The number of carbonyl (C=O) groups excluding carboxylic acids is 1. The molecular weight excluding hydrogens is 475 g/mol. The predicted molar refractivity (Wildman–Crippen MR) is 126 cm³/mol. The quantitative estimate of drug-likeness (QED) is 0.592. The first-order valence-corrected chi connectivity index (χ1v) is 12.2. The van der Waals surface area contributed by atoms with Crippen LogP contribution in [-0.4, -0.2) is 75.8 Å². The molecule has 2 aliphatic heterocycles. The third-order valence-corrected chi connectivity index (χ3v) is 6.64. The van der Waals surface area contributed by atoms with Crippen LogP contribution in [0.1, 0.15) is 62.4 Å². The van der Waals surface area contributed by atoms with Crippen molar-refractivity contribution < 1.29 is 27.4 Å². The Balaban J connectivity index is 1.48. The Morgan fingerprint density at radius 1 is 1.08 bits per heavy atom. The zero-order valence-corrected chi connectivity index (χ0v) is 21.2. The molecule has 4 rings (SSSR count). The lowest BCUT2D eigenvalue weighted by Gasteiger charge is -2.27. The van der Waals surface area contributed by atoms with Gasteiger partial charge < -0.3 is 19.3 Å². The summed E-state index contributed by atoms with van der Waals surface area (Å²) in [5.41, 5.74) is 0.203. The van der Waals surface area contributed by atoms with E-state index >= 15 is 0 Å². The molecule has 0 unspecified atom stereocenters. The first kappa shape index (κ1) is 26.4. The van der Waals surface area contributed by atoms with Crippen molar-refractivity contribution in [2.24, 2.45) is 0 Å². The predicted octanol–water partition coefficient (Wildman–Crippen LogP) is 4.48. The fraction of sp³-hybridized carbons (Fsp3) is 0.640. The van der Waals surface area contributed by atoms with Crippen molar-refractivity contribution >= 4 is 6.09 Å². The van der Waals surface area contributed by atoms with Crippen molar-refractivity contribution in [1.82, 2.24) is 24.8 Å². The van der Waals surface area contributed by atoms with E-state index in [-0.39, 0.29) is 19.2 Å². The molecule has 0 N–H and O–H groups in total. The van der Waals surface area contributed by atoms with E-state index in [1.54, 1.807) is 9.58 Å². The molecule has 1 aromatic carbocycles. The molecule has 0 bridgehead atoms. The van der Waals surface area contributed by atoms with Gasteiger partial charge in [0.05, 0.1) is 36.6 Å². The van der Waals surface area contributed by atoms with E-state index in [1.165, 1.54) is 12.1 Å². The second-order valence-electron chi connectivity index (χ2n) is 10.7. The van der Waals surface area contributed by atoms with Crippen molar-refractivity contribution in [1.29, 1.82) is 0 Å². The summed E-state index contributed by atoms with van der Waals surface area (Å²) >= 11 is 0. The molecule has 0 spiro atoms. The summed E-state index contributed by atoms with van der Waals surface area (Å²) in [7, 11) is 2.11. The van der Waals surface area contributed by atoms with Crippen LogP contribution < -0.4 is 0 Å². The summed E-state index contributed by atoms with van der Waals surface area (Å²) in [6, 6.07) is 4.62. The van der Waals surface area contributed by atoms with Gasteiger partial charge in [-0.2, -0.15) is 13.2 Å². The normalized spacial score (nSPS) is 22.2. The average Bonchev–Trinajstić information content (AvgIpc) is 3.44. The number of nitrogens with zero attached hydrogens (tertiary/aromatic N) is 5. The summed E-state index contributed by atoms with van der Waals surface area (Å²) in [6.45, 7) is 8.16. The number of piperidine rings is 1. The maximum Gasteiger partial charge on any atom is 0.416 e. The molecule has 0 aliphatic carbocycles. The molecule has 1 aromatic heterocycles. The molecule has 3 heterocycles. The molecule has 8 nitrogen and oxygen atoms in total. The molecule has 0 radical (unpaired) electrons. The number of benzene rings is 1. The van der Waals surface area contributed by atoms with E-state index in [0.29, 0.717) is 18.0 Å². The Morgan fingerprint density at radius 3 is 2.36 bits per heavy atom. The smallest absolute Gasteiger partial charge is 0.416 e. The number of amides is 1. The lowest BCUT2D eigenvalue weighted by atomic mass is 9.94. The van der Waals surface area contributed by atoms with Crippen LogP contribution >= 0.6 is 0 Å². The van der Waals surface area contributed by atoms with Crippen molar-refractivity contribution in [3.8, 4) is 0 Å². The molecule has 11 heteroatoms. The lowest BCUT2D eigenvalue weighted by molar-refractivity contribution is -0.137. The Hall–Kier alpha value is -2.66. The van der Waals surface area contributed by atoms with Gasteiger partial charge in [-0.05, 0) is 71.4 Å². The van der Waals surface area contributed by atoms with Gasteiger partial charge in [0, 0.05) is 18.7 Å². The maximum atomic E-state index is 12.9. The Kier molecular flexibility index (Phi) is 7.61. The monoisotopic (exact) mass is 509 g/mol. The van der Waals surface area contributed by atoms with Crippen molar-refractivity contribution in [3.05, 3.63) is 47.3 Å². The van der Waals surface area contributed by atoms with E-state index in [4.69, 9.17) is 9.47 Å². The molecule has 1 amide bonds. The lowest BCUT2D eigenvalue weighted by Crippen LogP contribution is -2.36. The van der Waals surface area contributed by atoms with Crippen LogP contribution in [0.3, 0.4) is 0 Å². The average molecular weight is 510 g/mol. The Morgan fingerprint density at radius 2 is 1.75 bits per heavy atom. The fourth-order valence-electron chi connectivity index (χ4n) is 4.59. The van der Waals surface area contributed by atoms with Gasteiger partial charge in [0.25, 0.3) is 0 Å². The minimum absolute atomic E-state index is 0.109. The number of hydrogen-bond acceptors (Lipinski definition) is 6. The van der Waals surface area contributed by atoms with Crippen molar-refractivity contribution in [2.45, 2.75) is 70.1 Å². The van der Waals surface area contributed by atoms with Gasteiger partial charge in [0.15, 0.2) is 0 Å². The highest BCUT2D eigenvalue weighted by Crippen LogP contribution is 2.31. The fourth-order valence-corrected chi connectivity index (χ4v) is 4.59. The number of likely N-dealkylation sites (tertiary alicyclic amines) is 2. The van der Waals surface area contributed by atoms with Gasteiger partial charge in [-0.25, -0.2) is 9.48 Å². The second kappa shape index (κ2) is 10.4. The molecule has 198 valence electrons. The van der Waals surface area contributed by atoms with Gasteiger partial charge >= 0.3 is 12.3 Å². The van der Waals surface area contributed by atoms with Crippen molar-refractivity contribution in [3.63, 3.8) is 0 Å².